The number of furan rings is 1. The van der Waals surface area contributed by atoms with Gasteiger partial charge in [0, 0.05) is 30.0 Å². The second kappa shape index (κ2) is 5.34. The predicted molar refractivity (Wildman–Crippen MR) is 85.3 cm³/mol. The molecular formula is C13H15BrN2O4S. The Morgan fingerprint density at radius 1 is 1.38 bits per heavy atom. The lowest BCUT2D eigenvalue weighted by Gasteiger charge is -2.18. The van der Waals surface area contributed by atoms with Crippen molar-refractivity contribution < 1.29 is 17.6 Å². The quantitative estimate of drug-likeness (QED) is 0.893. The highest BCUT2D eigenvalue weighted by Gasteiger charge is 2.21. The van der Waals surface area contributed by atoms with Gasteiger partial charge in [0.05, 0.1) is 17.5 Å². The maximum absolute atomic E-state index is 11.9. The molecule has 1 heterocycles. The minimum Gasteiger partial charge on any atom is -0.460 e. The van der Waals surface area contributed by atoms with Crippen LogP contribution in [0.15, 0.2) is 21.0 Å². The first-order valence-electron chi connectivity index (χ1n) is 6.05. The summed E-state index contributed by atoms with van der Waals surface area (Å²) in [6, 6.07) is 3.29. The lowest BCUT2D eigenvalue weighted by atomic mass is 10.1. The number of hydrogen-bond donors (Lipinski definition) is 1. The monoisotopic (exact) mass is 374 g/mol. The predicted octanol–water partition coefficient (Wildman–Crippen LogP) is 2.26. The van der Waals surface area contributed by atoms with Gasteiger partial charge in [-0.2, -0.15) is 0 Å². The number of fused-ring (bicyclic) bond motifs is 1. The Hall–Kier alpha value is -1.54. The molecule has 8 heteroatoms. The van der Waals surface area contributed by atoms with E-state index in [1.807, 2.05) is 0 Å². The Morgan fingerprint density at radius 3 is 2.52 bits per heavy atom. The standard InChI is InChI=1S/C13H15BrN2O4S/c1-7-12(13(17)15-2)8-5-9(14)10(6-11(8)20-7)16(3)21(4,18)19/h5-6H,1-4H3,(H,15,17). The molecule has 0 atom stereocenters. The van der Waals surface area contributed by atoms with Crippen molar-refractivity contribution in [1.29, 1.82) is 0 Å². The first kappa shape index (κ1) is 15.8. The molecule has 2 rings (SSSR count). The highest BCUT2D eigenvalue weighted by Crippen LogP contribution is 2.35. The van der Waals surface area contributed by atoms with Gasteiger partial charge in [0.25, 0.3) is 5.91 Å². The second-order valence-corrected chi connectivity index (χ2v) is 7.51. The molecule has 0 aliphatic heterocycles. The number of anilines is 1. The van der Waals surface area contributed by atoms with Crippen LogP contribution in [0.5, 0.6) is 0 Å². The molecule has 0 unspecified atom stereocenters. The van der Waals surface area contributed by atoms with Crippen molar-refractivity contribution in [1.82, 2.24) is 5.32 Å². The van der Waals surface area contributed by atoms with Crippen LogP contribution in [0, 0.1) is 6.92 Å². The summed E-state index contributed by atoms with van der Waals surface area (Å²) in [5.41, 5.74) is 1.35. The number of halogens is 1. The molecule has 1 amide bonds. The van der Waals surface area contributed by atoms with Crippen molar-refractivity contribution in [2.45, 2.75) is 6.92 Å². The summed E-state index contributed by atoms with van der Waals surface area (Å²) in [5, 5.41) is 3.19. The Labute approximate surface area is 131 Å². The molecule has 0 saturated heterocycles. The van der Waals surface area contributed by atoms with E-state index in [9.17, 15) is 13.2 Å². The van der Waals surface area contributed by atoms with Gasteiger partial charge in [0.15, 0.2) is 0 Å². The fourth-order valence-electron chi connectivity index (χ4n) is 2.06. The molecular weight excluding hydrogens is 360 g/mol. The van der Waals surface area contributed by atoms with E-state index in [1.54, 1.807) is 26.1 Å². The number of sulfonamides is 1. The number of nitrogens with zero attached hydrogens (tertiary/aromatic N) is 1. The van der Waals surface area contributed by atoms with Gasteiger partial charge in [-0.3, -0.25) is 9.10 Å². The van der Waals surface area contributed by atoms with Crippen LogP contribution in [0.1, 0.15) is 16.1 Å². The normalized spacial score (nSPS) is 11.7. The number of hydrogen-bond acceptors (Lipinski definition) is 4. The highest BCUT2D eigenvalue weighted by molar-refractivity contribution is 9.10. The lowest BCUT2D eigenvalue weighted by molar-refractivity contribution is 0.0963. The third-order valence-electron chi connectivity index (χ3n) is 3.22. The molecule has 0 aliphatic carbocycles. The zero-order valence-corrected chi connectivity index (χ0v) is 14.4. The molecule has 1 aromatic carbocycles. The van der Waals surface area contributed by atoms with Gasteiger partial charge in [-0.25, -0.2) is 8.42 Å². The minimum atomic E-state index is -3.39. The van der Waals surface area contributed by atoms with Crippen molar-refractivity contribution in [3.05, 3.63) is 27.9 Å². The zero-order valence-electron chi connectivity index (χ0n) is 12.0. The smallest absolute Gasteiger partial charge is 0.255 e. The van der Waals surface area contributed by atoms with Crippen molar-refractivity contribution in [3.8, 4) is 0 Å². The highest BCUT2D eigenvalue weighted by atomic mass is 79.9. The summed E-state index contributed by atoms with van der Waals surface area (Å²) in [4.78, 5) is 11.9. The van der Waals surface area contributed by atoms with Crippen molar-refractivity contribution in [2.75, 3.05) is 24.7 Å². The van der Waals surface area contributed by atoms with Crippen LogP contribution in [-0.4, -0.2) is 34.7 Å². The van der Waals surface area contributed by atoms with Crippen LogP contribution in [0.2, 0.25) is 0 Å². The number of benzene rings is 1. The average molecular weight is 375 g/mol. The molecule has 0 fully saturated rings. The minimum absolute atomic E-state index is 0.248. The molecule has 1 N–H and O–H groups in total. The Morgan fingerprint density at radius 2 is 2.00 bits per heavy atom. The third kappa shape index (κ3) is 2.77. The van der Waals surface area contributed by atoms with Crippen molar-refractivity contribution >= 4 is 48.5 Å². The van der Waals surface area contributed by atoms with Crippen LogP contribution in [0.3, 0.4) is 0 Å². The molecule has 6 nitrogen and oxygen atoms in total. The molecule has 2 aromatic rings. The first-order chi connectivity index (χ1) is 9.66. The lowest BCUT2D eigenvalue weighted by Crippen LogP contribution is -2.25. The Bertz CT molecular complexity index is 826. The molecule has 0 aliphatic rings. The second-order valence-electron chi connectivity index (χ2n) is 4.64. The fraction of sp³-hybridized carbons (Fsp3) is 0.308. The molecule has 0 spiro atoms. The molecule has 21 heavy (non-hydrogen) atoms. The van der Waals surface area contributed by atoms with Gasteiger partial charge < -0.3 is 9.73 Å². The van der Waals surface area contributed by atoms with Crippen LogP contribution >= 0.6 is 15.9 Å². The summed E-state index contributed by atoms with van der Waals surface area (Å²) >= 11 is 3.35. The molecule has 114 valence electrons. The molecule has 1 aromatic heterocycles. The van der Waals surface area contributed by atoms with Crippen molar-refractivity contribution in [2.24, 2.45) is 0 Å². The maximum Gasteiger partial charge on any atom is 0.255 e. The van der Waals surface area contributed by atoms with E-state index in [0.29, 0.717) is 32.5 Å². The summed E-state index contributed by atoms with van der Waals surface area (Å²) < 4.78 is 30.6. The molecule has 0 radical (unpaired) electrons. The Balaban J connectivity index is 2.72. The van der Waals surface area contributed by atoms with Crippen LogP contribution in [0.4, 0.5) is 5.69 Å². The van der Waals surface area contributed by atoms with E-state index in [0.717, 1.165) is 10.6 Å². The van der Waals surface area contributed by atoms with Gasteiger partial charge in [-0.1, -0.05) is 0 Å². The average Bonchev–Trinajstić information content (AvgIpc) is 2.70. The van der Waals surface area contributed by atoms with Crippen molar-refractivity contribution in [3.63, 3.8) is 0 Å². The summed E-state index contributed by atoms with van der Waals surface area (Å²) in [5.74, 6) is 0.234. The van der Waals surface area contributed by atoms with Gasteiger partial charge in [-0.05, 0) is 28.9 Å². The van der Waals surface area contributed by atoms with E-state index in [2.05, 4.69) is 21.2 Å². The van der Waals surface area contributed by atoms with E-state index in [-0.39, 0.29) is 5.91 Å². The van der Waals surface area contributed by atoms with Gasteiger partial charge in [-0.15, -0.1) is 0 Å². The Kier molecular flexibility index (Phi) is 4.03. The third-order valence-corrected chi connectivity index (χ3v) is 5.05. The number of rotatable bonds is 3. The first-order valence-corrected chi connectivity index (χ1v) is 8.69. The van der Waals surface area contributed by atoms with Gasteiger partial charge in [0.2, 0.25) is 10.0 Å². The summed E-state index contributed by atoms with van der Waals surface area (Å²) in [6.45, 7) is 1.69. The van der Waals surface area contributed by atoms with Crippen LogP contribution in [-0.2, 0) is 10.0 Å². The van der Waals surface area contributed by atoms with Gasteiger partial charge in [0.1, 0.15) is 11.3 Å². The van der Waals surface area contributed by atoms with E-state index in [1.165, 1.54) is 7.05 Å². The van der Waals surface area contributed by atoms with Crippen LogP contribution < -0.4 is 9.62 Å². The zero-order chi connectivity index (χ0) is 15.9. The number of carbonyl (C=O) groups excluding carboxylic acids is 1. The molecule has 0 saturated carbocycles. The topological polar surface area (TPSA) is 79.6 Å². The number of aryl methyl sites for hydroxylation is 1. The van der Waals surface area contributed by atoms with E-state index >= 15 is 0 Å². The largest absolute Gasteiger partial charge is 0.460 e. The number of nitrogens with one attached hydrogen (secondary N) is 1. The fourth-order valence-corrected chi connectivity index (χ4v) is 3.29. The summed E-state index contributed by atoms with van der Waals surface area (Å²) in [7, 11) is -0.391. The van der Waals surface area contributed by atoms with E-state index in [4.69, 9.17) is 4.42 Å². The maximum atomic E-state index is 11.9. The number of amides is 1. The molecule has 0 bridgehead atoms. The summed E-state index contributed by atoms with van der Waals surface area (Å²) in [6.07, 6.45) is 1.12. The van der Waals surface area contributed by atoms with Gasteiger partial charge >= 0.3 is 0 Å². The van der Waals surface area contributed by atoms with Crippen LogP contribution in [0.25, 0.3) is 11.0 Å². The number of carbonyl (C=O) groups is 1. The van der Waals surface area contributed by atoms with E-state index < -0.39 is 10.0 Å². The SMILES string of the molecule is CNC(=O)c1c(C)oc2cc(N(C)S(C)(=O)=O)c(Br)cc12.